The van der Waals surface area contributed by atoms with Crippen LogP contribution in [0.3, 0.4) is 0 Å². The predicted octanol–water partition coefficient (Wildman–Crippen LogP) is 4.58. The summed E-state index contributed by atoms with van der Waals surface area (Å²) >= 11 is 3.41. The van der Waals surface area contributed by atoms with Crippen molar-refractivity contribution in [3.8, 4) is 5.75 Å². The SMILES string of the molecule is Cc1cccc(NC(=O)c2ccc(COc3ccccc3Br)o2)n1. The molecule has 1 N–H and O–H groups in total. The molecule has 0 fully saturated rings. The molecule has 0 aliphatic heterocycles. The number of anilines is 1. The lowest BCUT2D eigenvalue weighted by Gasteiger charge is -2.06. The van der Waals surface area contributed by atoms with Gasteiger partial charge in [0.25, 0.3) is 5.91 Å². The summed E-state index contributed by atoms with van der Waals surface area (Å²) in [5.41, 5.74) is 0.828. The number of nitrogens with one attached hydrogen (secondary N) is 1. The van der Waals surface area contributed by atoms with Gasteiger partial charge in [-0.1, -0.05) is 18.2 Å². The average molecular weight is 387 g/mol. The van der Waals surface area contributed by atoms with E-state index in [1.54, 1.807) is 18.2 Å². The smallest absolute Gasteiger partial charge is 0.292 e. The topological polar surface area (TPSA) is 64.4 Å². The third-order valence-corrected chi connectivity index (χ3v) is 3.88. The van der Waals surface area contributed by atoms with Crippen molar-refractivity contribution in [2.75, 3.05) is 5.32 Å². The Hall–Kier alpha value is -2.60. The number of furan rings is 1. The molecule has 2 heterocycles. The second kappa shape index (κ2) is 7.31. The Morgan fingerprint density at radius 3 is 2.79 bits per heavy atom. The highest BCUT2D eigenvalue weighted by Crippen LogP contribution is 2.25. The lowest BCUT2D eigenvalue weighted by molar-refractivity contribution is 0.0992. The standard InChI is InChI=1S/C18H15BrN2O3/c1-12-5-4-8-17(20-12)21-18(22)16-10-9-13(24-16)11-23-15-7-3-2-6-14(15)19/h2-10H,11H2,1H3,(H,20,21,22). The number of nitrogens with zero attached hydrogens (tertiary/aromatic N) is 1. The normalized spacial score (nSPS) is 10.4. The van der Waals surface area contributed by atoms with E-state index in [0.29, 0.717) is 17.3 Å². The quantitative estimate of drug-likeness (QED) is 0.696. The molecular formula is C18H15BrN2O3. The first kappa shape index (κ1) is 16.3. The molecular weight excluding hydrogens is 372 g/mol. The highest BCUT2D eigenvalue weighted by Gasteiger charge is 2.12. The van der Waals surface area contributed by atoms with Gasteiger partial charge in [-0.25, -0.2) is 4.98 Å². The first-order valence-corrected chi connectivity index (χ1v) is 8.12. The summed E-state index contributed by atoms with van der Waals surface area (Å²) in [5, 5.41) is 2.70. The number of aryl methyl sites for hydroxylation is 1. The second-order valence-electron chi connectivity index (χ2n) is 5.10. The number of para-hydroxylation sites is 1. The van der Waals surface area contributed by atoms with Crippen LogP contribution in [0.2, 0.25) is 0 Å². The Morgan fingerprint density at radius 2 is 2.00 bits per heavy atom. The van der Waals surface area contributed by atoms with Gasteiger partial charge in [0, 0.05) is 5.69 Å². The Balaban J connectivity index is 1.62. The van der Waals surface area contributed by atoms with Crippen molar-refractivity contribution >= 4 is 27.7 Å². The minimum Gasteiger partial charge on any atom is -0.484 e. The molecule has 3 aromatic rings. The fourth-order valence-electron chi connectivity index (χ4n) is 2.08. The van der Waals surface area contributed by atoms with Crippen LogP contribution in [-0.4, -0.2) is 10.9 Å². The monoisotopic (exact) mass is 386 g/mol. The molecule has 0 aliphatic rings. The van der Waals surface area contributed by atoms with Crippen LogP contribution >= 0.6 is 15.9 Å². The van der Waals surface area contributed by atoms with E-state index in [0.717, 1.165) is 10.2 Å². The molecule has 0 unspecified atom stereocenters. The highest BCUT2D eigenvalue weighted by molar-refractivity contribution is 9.10. The van der Waals surface area contributed by atoms with E-state index in [1.807, 2.05) is 43.3 Å². The van der Waals surface area contributed by atoms with Crippen LogP contribution < -0.4 is 10.1 Å². The summed E-state index contributed by atoms with van der Waals surface area (Å²) in [7, 11) is 0. The number of rotatable bonds is 5. The van der Waals surface area contributed by atoms with Crippen LogP contribution in [0.4, 0.5) is 5.82 Å². The fraction of sp³-hybridized carbons (Fsp3) is 0.111. The summed E-state index contributed by atoms with van der Waals surface area (Å²) in [4.78, 5) is 16.4. The number of benzene rings is 1. The maximum absolute atomic E-state index is 12.2. The summed E-state index contributed by atoms with van der Waals surface area (Å²) in [6.07, 6.45) is 0. The zero-order valence-electron chi connectivity index (χ0n) is 13.0. The van der Waals surface area contributed by atoms with Crippen molar-refractivity contribution in [3.63, 3.8) is 0 Å². The molecule has 1 amide bonds. The molecule has 3 rings (SSSR count). The molecule has 1 aromatic carbocycles. The number of hydrogen-bond acceptors (Lipinski definition) is 4. The van der Waals surface area contributed by atoms with Crippen LogP contribution in [0.15, 0.2) is 63.5 Å². The van der Waals surface area contributed by atoms with E-state index in [9.17, 15) is 4.79 Å². The van der Waals surface area contributed by atoms with Crippen LogP contribution in [0, 0.1) is 6.92 Å². The summed E-state index contributed by atoms with van der Waals surface area (Å²) < 4.78 is 12.1. The number of hydrogen-bond donors (Lipinski definition) is 1. The van der Waals surface area contributed by atoms with Gasteiger partial charge in [-0.05, 0) is 59.3 Å². The van der Waals surface area contributed by atoms with Gasteiger partial charge in [-0.2, -0.15) is 0 Å². The molecule has 122 valence electrons. The Labute approximate surface area is 147 Å². The number of ether oxygens (including phenoxy) is 1. The molecule has 0 radical (unpaired) electrons. The van der Waals surface area contributed by atoms with E-state index in [1.165, 1.54) is 0 Å². The van der Waals surface area contributed by atoms with Gasteiger partial charge < -0.3 is 14.5 Å². The second-order valence-corrected chi connectivity index (χ2v) is 5.96. The van der Waals surface area contributed by atoms with E-state index >= 15 is 0 Å². The third-order valence-electron chi connectivity index (χ3n) is 3.22. The zero-order chi connectivity index (χ0) is 16.9. The number of pyridine rings is 1. The third kappa shape index (κ3) is 4.02. The fourth-order valence-corrected chi connectivity index (χ4v) is 2.48. The number of amides is 1. The molecule has 6 heteroatoms. The molecule has 0 bridgehead atoms. The van der Waals surface area contributed by atoms with E-state index < -0.39 is 0 Å². The summed E-state index contributed by atoms with van der Waals surface area (Å²) in [5.74, 6) is 1.63. The molecule has 0 saturated heterocycles. The van der Waals surface area contributed by atoms with Crippen LogP contribution in [0.5, 0.6) is 5.75 Å². The number of halogens is 1. The minimum absolute atomic E-state index is 0.212. The molecule has 2 aromatic heterocycles. The molecule has 5 nitrogen and oxygen atoms in total. The zero-order valence-corrected chi connectivity index (χ0v) is 14.5. The van der Waals surface area contributed by atoms with Crippen molar-refractivity contribution in [1.29, 1.82) is 0 Å². The maximum atomic E-state index is 12.2. The van der Waals surface area contributed by atoms with Crippen LogP contribution in [0.1, 0.15) is 22.0 Å². The van der Waals surface area contributed by atoms with Crippen molar-refractivity contribution in [2.45, 2.75) is 13.5 Å². The van der Waals surface area contributed by atoms with Gasteiger partial charge >= 0.3 is 0 Å². The van der Waals surface area contributed by atoms with E-state index in [4.69, 9.17) is 9.15 Å². The van der Waals surface area contributed by atoms with Gasteiger partial charge in [-0.3, -0.25) is 4.79 Å². The molecule has 0 aliphatic carbocycles. The van der Waals surface area contributed by atoms with Gasteiger partial charge in [0.2, 0.25) is 0 Å². The van der Waals surface area contributed by atoms with Crippen molar-refractivity contribution in [1.82, 2.24) is 4.98 Å². The predicted molar refractivity (Wildman–Crippen MR) is 94.1 cm³/mol. The minimum atomic E-state index is -0.347. The van der Waals surface area contributed by atoms with Crippen molar-refractivity contribution in [3.05, 3.63) is 76.3 Å². The van der Waals surface area contributed by atoms with Crippen molar-refractivity contribution < 1.29 is 13.9 Å². The Morgan fingerprint density at radius 1 is 1.17 bits per heavy atom. The molecule has 0 saturated carbocycles. The first-order chi connectivity index (χ1) is 11.6. The lowest BCUT2D eigenvalue weighted by Crippen LogP contribution is -2.12. The highest BCUT2D eigenvalue weighted by atomic mass is 79.9. The maximum Gasteiger partial charge on any atom is 0.292 e. The number of aromatic nitrogens is 1. The number of carbonyl (C=O) groups is 1. The van der Waals surface area contributed by atoms with Gasteiger partial charge in [0.05, 0.1) is 4.47 Å². The first-order valence-electron chi connectivity index (χ1n) is 7.33. The van der Waals surface area contributed by atoms with Crippen molar-refractivity contribution in [2.24, 2.45) is 0 Å². The summed E-state index contributed by atoms with van der Waals surface area (Å²) in [6, 6.07) is 16.3. The average Bonchev–Trinajstić information content (AvgIpc) is 3.03. The molecule has 24 heavy (non-hydrogen) atoms. The summed E-state index contributed by atoms with van der Waals surface area (Å²) in [6.45, 7) is 2.10. The molecule has 0 spiro atoms. The van der Waals surface area contributed by atoms with E-state index in [-0.39, 0.29) is 18.3 Å². The largest absolute Gasteiger partial charge is 0.484 e. The van der Waals surface area contributed by atoms with Gasteiger partial charge in [0.1, 0.15) is 23.9 Å². The Kier molecular flexibility index (Phi) is 4.96. The van der Waals surface area contributed by atoms with Gasteiger partial charge in [-0.15, -0.1) is 0 Å². The molecule has 0 atom stereocenters. The lowest BCUT2D eigenvalue weighted by atomic mass is 10.3. The van der Waals surface area contributed by atoms with Gasteiger partial charge in [0.15, 0.2) is 5.76 Å². The van der Waals surface area contributed by atoms with Crippen LogP contribution in [-0.2, 0) is 6.61 Å². The Bertz CT molecular complexity index is 861. The number of carbonyl (C=O) groups excluding carboxylic acids is 1. The van der Waals surface area contributed by atoms with E-state index in [2.05, 4.69) is 26.2 Å². The van der Waals surface area contributed by atoms with Crippen LogP contribution in [0.25, 0.3) is 0 Å².